The molecule has 2 N–H and O–H groups in total. The Kier molecular flexibility index (Phi) is 5.76. The molecule has 0 saturated carbocycles. The number of carbonyl (C=O) groups is 1. The van der Waals surface area contributed by atoms with E-state index in [4.69, 9.17) is 4.74 Å². The van der Waals surface area contributed by atoms with Gasteiger partial charge in [-0.05, 0) is 12.5 Å². The van der Waals surface area contributed by atoms with Crippen LogP contribution in [0.15, 0.2) is 30.5 Å². The van der Waals surface area contributed by atoms with Gasteiger partial charge in [0.1, 0.15) is 0 Å². The van der Waals surface area contributed by atoms with Crippen LogP contribution in [0.4, 0.5) is 0 Å². The van der Waals surface area contributed by atoms with E-state index >= 15 is 0 Å². The van der Waals surface area contributed by atoms with Crippen LogP contribution in [0.25, 0.3) is 10.9 Å². The number of benzene rings is 1. The molecule has 1 aromatic heterocycles. The third kappa shape index (κ3) is 4.22. The van der Waals surface area contributed by atoms with Crippen molar-refractivity contribution in [3.63, 3.8) is 0 Å². The van der Waals surface area contributed by atoms with Crippen molar-refractivity contribution in [3.05, 3.63) is 36.0 Å². The fourth-order valence-electron chi connectivity index (χ4n) is 3.41. The van der Waals surface area contributed by atoms with E-state index < -0.39 is 5.60 Å². The van der Waals surface area contributed by atoms with Gasteiger partial charge in [-0.3, -0.25) is 4.79 Å². The van der Waals surface area contributed by atoms with Crippen molar-refractivity contribution in [1.82, 2.24) is 9.88 Å². The fourth-order valence-corrected chi connectivity index (χ4v) is 3.41. The summed E-state index contributed by atoms with van der Waals surface area (Å²) in [5, 5.41) is 14.4. The molecule has 0 spiro atoms. The second kappa shape index (κ2) is 8.02. The molecular weight excluding hydrogens is 316 g/mol. The Morgan fingerprint density at radius 1 is 1.28 bits per heavy atom. The number of hydrogen-bond acceptors (Lipinski definition) is 3. The number of carbonyl (C=O) groups excluding carboxylic acids is 1. The van der Waals surface area contributed by atoms with Crippen LogP contribution in [0.5, 0.6) is 0 Å². The Hall–Kier alpha value is -1.85. The second-order valence-electron chi connectivity index (χ2n) is 6.98. The molecule has 1 aromatic carbocycles. The molecule has 5 nitrogen and oxygen atoms in total. The first-order valence-electron chi connectivity index (χ1n) is 9.29. The normalized spacial score (nSPS) is 16.9. The van der Waals surface area contributed by atoms with Gasteiger partial charge in [-0.15, -0.1) is 0 Å². The molecule has 2 heterocycles. The molecule has 1 saturated heterocycles. The van der Waals surface area contributed by atoms with Gasteiger partial charge in [0.2, 0.25) is 0 Å². The Bertz CT molecular complexity index is 717. The maximum atomic E-state index is 12.7. The van der Waals surface area contributed by atoms with Crippen LogP contribution in [0.2, 0.25) is 0 Å². The van der Waals surface area contributed by atoms with Crippen molar-refractivity contribution >= 4 is 16.8 Å². The number of nitrogens with one attached hydrogen (secondary N) is 1. The number of unbranched alkanes of at least 4 members (excludes halogenated alkanes) is 2. The van der Waals surface area contributed by atoms with Crippen molar-refractivity contribution in [2.45, 2.75) is 51.2 Å². The molecule has 1 aliphatic rings. The number of para-hydroxylation sites is 1. The van der Waals surface area contributed by atoms with Gasteiger partial charge in [0.25, 0.3) is 5.91 Å². The Morgan fingerprint density at radius 3 is 2.80 bits per heavy atom. The lowest BCUT2D eigenvalue weighted by atomic mass is 9.94. The highest BCUT2D eigenvalue weighted by molar-refractivity contribution is 6.07. The first kappa shape index (κ1) is 18.0. The lowest BCUT2D eigenvalue weighted by molar-refractivity contribution is -0.0605. The number of nitrogens with zero attached hydrogens (tertiary/aromatic N) is 1. The summed E-state index contributed by atoms with van der Waals surface area (Å²) in [7, 11) is 0. The zero-order valence-electron chi connectivity index (χ0n) is 15.0. The van der Waals surface area contributed by atoms with E-state index in [0.29, 0.717) is 31.6 Å². The molecule has 0 radical (unpaired) electrons. The maximum absolute atomic E-state index is 12.7. The summed E-state index contributed by atoms with van der Waals surface area (Å²) < 4.78 is 7.46. The van der Waals surface area contributed by atoms with Gasteiger partial charge in [0.05, 0.1) is 11.2 Å². The van der Waals surface area contributed by atoms with E-state index in [0.717, 1.165) is 23.9 Å². The van der Waals surface area contributed by atoms with E-state index in [1.165, 1.54) is 12.8 Å². The maximum Gasteiger partial charge on any atom is 0.253 e. The molecule has 2 aromatic rings. The molecule has 0 unspecified atom stereocenters. The lowest BCUT2D eigenvalue weighted by Crippen LogP contribution is -2.46. The average molecular weight is 344 g/mol. The van der Waals surface area contributed by atoms with E-state index in [1.54, 1.807) is 0 Å². The van der Waals surface area contributed by atoms with Crippen LogP contribution in [0.1, 0.15) is 49.4 Å². The first-order chi connectivity index (χ1) is 12.1. The van der Waals surface area contributed by atoms with Crippen molar-refractivity contribution in [2.75, 3.05) is 19.8 Å². The minimum atomic E-state index is -0.854. The van der Waals surface area contributed by atoms with Crippen molar-refractivity contribution in [2.24, 2.45) is 0 Å². The van der Waals surface area contributed by atoms with Crippen LogP contribution in [0.3, 0.4) is 0 Å². The molecule has 0 atom stereocenters. The lowest BCUT2D eigenvalue weighted by Gasteiger charge is -2.32. The van der Waals surface area contributed by atoms with E-state index in [9.17, 15) is 9.90 Å². The molecule has 1 amide bonds. The van der Waals surface area contributed by atoms with Gasteiger partial charge in [-0.25, -0.2) is 0 Å². The van der Waals surface area contributed by atoms with Gasteiger partial charge in [0.15, 0.2) is 0 Å². The number of amides is 1. The minimum absolute atomic E-state index is 0.120. The molecular formula is C20H28N2O3. The first-order valence-corrected chi connectivity index (χ1v) is 9.29. The molecule has 0 bridgehead atoms. The van der Waals surface area contributed by atoms with Crippen LogP contribution in [0, 0.1) is 0 Å². The SMILES string of the molecule is CCCCCn1cc(C(=O)NCC2(O)CCOCC2)c2ccccc21. The molecule has 3 rings (SSSR count). The van der Waals surface area contributed by atoms with Gasteiger partial charge < -0.3 is 19.7 Å². The standard InChI is InChI=1S/C20H28N2O3/c1-2-3-6-11-22-14-17(16-7-4-5-8-18(16)22)19(23)21-15-20(24)9-12-25-13-10-20/h4-5,7-8,14,24H,2-3,6,9-13,15H2,1H3,(H,21,23). The van der Waals surface area contributed by atoms with Gasteiger partial charge >= 0.3 is 0 Å². The number of rotatable bonds is 7. The largest absolute Gasteiger partial charge is 0.388 e. The molecule has 0 aliphatic carbocycles. The number of hydrogen-bond donors (Lipinski definition) is 2. The smallest absolute Gasteiger partial charge is 0.253 e. The number of aryl methyl sites for hydroxylation is 1. The topological polar surface area (TPSA) is 63.5 Å². The molecule has 136 valence electrons. The van der Waals surface area contributed by atoms with Crippen LogP contribution < -0.4 is 5.32 Å². The van der Waals surface area contributed by atoms with Gasteiger partial charge in [-0.1, -0.05) is 38.0 Å². The monoisotopic (exact) mass is 344 g/mol. The summed E-state index contributed by atoms with van der Waals surface area (Å²) in [4.78, 5) is 12.7. The summed E-state index contributed by atoms with van der Waals surface area (Å²) in [5.74, 6) is -0.120. The van der Waals surface area contributed by atoms with Gasteiger partial charge in [0, 0.05) is 56.2 Å². The quantitative estimate of drug-likeness (QED) is 0.759. The van der Waals surface area contributed by atoms with Gasteiger partial charge in [-0.2, -0.15) is 0 Å². The highest BCUT2D eigenvalue weighted by Crippen LogP contribution is 2.23. The minimum Gasteiger partial charge on any atom is -0.388 e. The molecule has 5 heteroatoms. The summed E-state index contributed by atoms with van der Waals surface area (Å²) in [6.45, 7) is 4.47. The predicted molar refractivity (Wildman–Crippen MR) is 98.8 cm³/mol. The zero-order valence-corrected chi connectivity index (χ0v) is 15.0. The van der Waals surface area contributed by atoms with Crippen LogP contribution in [-0.2, 0) is 11.3 Å². The summed E-state index contributed by atoms with van der Waals surface area (Å²) in [6.07, 6.45) is 6.54. The van der Waals surface area contributed by atoms with E-state index in [2.05, 4.69) is 22.9 Å². The third-order valence-electron chi connectivity index (χ3n) is 5.04. The highest BCUT2D eigenvalue weighted by atomic mass is 16.5. The number of ether oxygens (including phenoxy) is 1. The van der Waals surface area contributed by atoms with Crippen molar-refractivity contribution in [3.8, 4) is 0 Å². The molecule has 1 fully saturated rings. The number of fused-ring (bicyclic) bond motifs is 1. The van der Waals surface area contributed by atoms with E-state index in [-0.39, 0.29) is 12.5 Å². The van der Waals surface area contributed by atoms with Crippen molar-refractivity contribution in [1.29, 1.82) is 0 Å². The number of aliphatic hydroxyl groups is 1. The van der Waals surface area contributed by atoms with Crippen LogP contribution >= 0.6 is 0 Å². The summed E-state index contributed by atoms with van der Waals surface area (Å²) >= 11 is 0. The molecule has 1 aliphatic heterocycles. The molecule has 25 heavy (non-hydrogen) atoms. The summed E-state index contributed by atoms with van der Waals surface area (Å²) in [6, 6.07) is 8.01. The highest BCUT2D eigenvalue weighted by Gasteiger charge is 2.30. The second-order valence-corrected chi connectivity index (χ2v) is 6.98. The van der Waals surface area contributed by atoms with Crippen molar-refractivity contribution < 1.29 is 14.6 Å². The Morgan fingerprint density at radius 2 is 2.04 bits per heavy atom. The van der Waals surface area contributed by atoms with E-state index in [1.807, 2.05) is 24.4 Å². The average Bonchev–Trinajstić information content (AvgIpc) is 3.00. The summed E-state index contributed by atoms with van der Waals surface area (Å²) in [5.41, 5.74) is 0.921. The van der Waals surface area contributed by atoms with Crippen LogP contribution in [-0.4, -0.2) is 40.9 Å². The Labute approximate surface area is 149 Å². The Balaban J connectivity index is 1.74. The third-order valence-corrected chi connectivity index (χ3v) is 5.04. The number of aromatic nitrogens is 1. The predicted octanol–water partition coefficient (Wildman–Crippen LogP) is 3.10. The zero-order chi connectivity index (χ0) is 17.7. The fraction of sp³-hybridized carbons (Fsp3) is 0.550.